The Morgan fingerprint density at radius 3 is 2.62 bits per heavy atom. The van der Waals surface area contributed by atoms with Crippen molar-refractivity contribution >= 4 is 11.6 Å². The Morgan fingerprint density at radius 1 is 1.29 bits per heavy atom. The molecule has 4 nitrogen and oxygen atoms in total. The topological polar surface area (TPSA) is 62.1 Å². The molecule has 1 amide bonds. The Labute approximate surface area is 121 Å². The van der Waals surface area contributed by atoms with Crippen LogP contribution in [0.1, 0.15) is 15.9 Å². The van der Waals surface area contributed by atoms with Crippen LogP contribution in [-0.4, -0.2) is 12.5 Å². The molecule has 0 unspecified atom stereocenters. The number of nitrogens with zero attached hydrogens (tertiary/aromatic N) is 1. The van der Waals surface area contributed by atoms with Crippen LogP contribution in [0, 0.1) is 24.1 Å². The summed E-state index contributed by atoms with van der Waals surface area (Å²) in [7, 11) is 0. The van der Waals surface area contributed by atoms with Crippen molar-refractivity contribution in [2.24, 2.45) is 0 Å². The molecule has 0 aromatic heterocycles. The maximum Gasteiger partial charge on any atom is 0.255 e. The lowest BCUT2D eigenvalue weighted by Crippen LogP contribution is -2.12. The van der Waals surface area contributed by atoms with Gasteiger partial charge in [0, 0.05) is 11.3 Å². The van der Waals surface area contributed by atoms with E-state index in [0.29, 0.717) is 17.0 Å². The number of carbonyl (C=O) groups excluding carboxylic acids is 1. The smallest absolute Gasteiger partial charge is 0.255 e. The Balaban J connectivity index is 2.07. The van der Waals surface area contributed by atoms with Gasteiger partial charge in [-0.3, -0.25) is 4.79 Å². The summed E-state index contributed by atoms with van der Waals surface area (Å²) in [6, 6.07) is 12.6. The number of ether oxygens (including phenoxy) is 1. The second-order valence-corrected chi connectivity index (χ2v) is 4.44. The SMILES string of the molecule is Cc1cc(F)cc(C(=O)Nc2ccc(OCC#N)cc2)c1. The molecule has 0 aliphatic carbocycles. The van der Waals surface area contributed by atoms with Crippen molar-refractivity contribution in [3.63, 3.8) is 0 Å². The first kappa shape index (κ1) is 14.5. The minimum atomic E-state index is -0.444. The molecule has 5 heteroatoms. The average molecular weight is 284 g/mol. The highest BCUT2D eigenvalue weighted by Crippen LogP contribution is 2.17. The molecule has 0 radical (unpaired) electrons. The molecule has 21 heavy (non-hydrogen) atoms. The third-order valence-corrected chi connectivity index (χ3v) is 2.72. The van der Waals surface area contributed by atoms with Crippen molar-refractivity contribution < 1.29 is 13.9 Å². The van der Waals surface area contributed by atoms with Gasteiger partial charge in [0.05, 0.1) is 0 Å². The number of amides is 1. The zero-order chi connectivity index (χ0) is 15.2. The molecule has 0 spiro atoms. The quantitative estimate of drug-likeness (QED) is 0.937. The van der Waals surface area contributed by atoms with E-state index in [1.54, 1.807) is 37.3 Å². The van der Waals surface area contributed by atoms with Crippen LogP contribution >= 0.6 is 0 Å². The number of aryl methyl sites for hydroxylation is 1. The number of benzene rings is 2. The number of hydrogen-bond donors (Lipinski definition) is 1. The van der Waals surface area contributed by atoms with Gasteiger partial charge >= 0.3 is 0 Å². The number of carbonyl (C=O) groups is 1. The summed E-state index contributed by atoms with van der Waals surface area (Å²) in [6.07, 6.45) is 0. The lowest BCUT2D eigenvalue weighted by molar-refractivity contribution is 0.102. The molecule has 106 valence electrons. The van der Waals surface area contributed by atoms with E-state index < -0.39 is 5.82 Å². The van der Waals surface area contributed by atoms with E-state index in [9.17, 15) is 9.18 Å². The number of hydrogen-bond acceptors (Lipinski definition) is 3. The second kappa shape index (κ2) is 6.53. The molecule has 2 aromatic carbocycles. The molecule has 0 aliphatic heterocycles. The first-order valence-electron chi connectivity index (χ1n) is 6.27. The molecule has 2 aromatic rings. The average Bonchev–Trinajstić information content (AvgIpc) is 2.45. The number of rotatable bonds is 4. The van der Waals surface area contributed by atoms with Gasteiger partial charge in [-0.15, -0.1) is 0 Å². The maximum absolute atomic E-state index is 13.3. The van der Waals surface area contributed by atoms with Crippen LogP contribution in [0.5, 0.6) is 5.75 Å². The molecule has 0 fully saturated rings. The fourth-order valence-electron chi connectivity index (χ4n) is 1.82. The van der Waals surface area contributed by atoms with Crippen molar-refractivity contribution in [1.82, 2.24) is 0 Å². The fraction of sp³-hybridized carbons (Fsp3) is 0.125. The molecule has 1 N–H and O–H groups in total. The Bertz CT molecular complexity index is 670. The summed E-state index contributed by atoms with van der Waals surface area (Å²) < 4.78 is 18.4. The number of halogens is 1. The van der Waals surface area contributed by atoms with Crippen molar-refractivity contribution in [2.75, 3.05) is 11.9 Å². The minimum Gasteiger partial charge on any atom is -0.479 e. The summed E-state index contributed by atoms with van der Waals surface area (Å²) in [4.78, 5) is 12.0. The third-order valence-electron chi connectivity index (χ3n) is 2.72. The highest BCUT2D eigenvalue weighted by molar-refractivity contribution is 6.04. The van der Waals surface area contributed by atoms with Gasteiger partial charge in [-0.1, -0.05) is 0 Å². The zero-order valence-electron chi connectivity index (χ0n) is 11.4. The van der Waals surface area contributed by atoms with E-state index in [-0.39, 0.29) is 18.1 Å². The first-order chi connectivity index (χ1) is 10.1. The van der Waals surface area contributed by atoms with Gasteiger partial charge in [0.15, 0.2) is 6.61 Å². The molecular weight excluding hydrogens is 271 g/mol. The van der Waals surface area contributed by atoms with Gasteiger partial charge in [-0.05, 0) is 55.0 Å². The highest BCUT2D eigenvalue weighted by atomic mass is 19.1. The maximum atomic E-state index is 13.3. The van der Waals surface area contributed by atoms with Crippen molar-refractivity contribution in [2.45, 2.75) is 6.92 Å². The Kier molecular flexibility index (Phi) is 4.52. The fourth-order valence-corrected chi connectivity index (χ4v) is 1.82. The molecule has 2 rings (SSSR count). The van der Waals surface area contributed by atoms with E-state index in [2.05, 4.69) is 5.32 Å². The predicted octanol–water partition coefficient (Wildman–Crippen LogP) is 3.29. The Morgan fingerprint density at radius 2 is 2.00 bits per heavy atom. The second-order valence-electron chi connectivity index (χ2n) is 4.44. The van der Waals surface area contributed by atoms with Crippen molar-refractivity contribution in [1.29, 1.82) is 5.26 Å². The van der Waals surface area contributed by atoms with Gasteiger partial charge in [-0.25, -0.2) is 4.39 Å². The minimum absolute atomic E-state index is 0.0335. The molecular formula is C16H13FN2O2. The molecule has 0 heterocycles. The van der Waals surface area contributed by atoms with Gasteiger partial charge in [0.1, 0.15) is 17.6 Å². The lowest BCUT2D eigenvalue weighted by Gasteiger charge is -2.07. The van der Waals surface area contributed by atoms with Gasteiger partial charge in [-0.2, -0.15) is 5.26 Å². The van der Waals surface area contributed by atoms with E-state index in [4.69, 9.17) is 10.00 Å². The number of nitrogens with one attached hydrogen (secondary N) is 1. The summed E-state index contributed by atoms with van der Waals surface area (Å²) >= 11 is 0. The van der Waals surface area contributed by atoms with Crippen LogP contribution in [0.25, 0.3) is 0 Å². The van der Waals surface area contributed by atoms with Crippen molar-refractivity contribution in [3.05, 3.63) is 59.4 Å². The van der Waals surface area contributed by atoms with Crippen molar-refractivity contribution in [3.8, 4) is 11.8 Å². The summed E-state index contributed by atoms with van der Waals surface area (Å²) in [5.74, 6) is -0.292. The van der Waals surface area contributed by atoms with Crippen LogP contribution in [0.15, 0.2) is 42.5 Å². The van der Waals surface area contributed by atoms with E-state index in [1.807, 2.05) is 6.07 Å². The molecule has 0 atom stereocenters. The first-order valence-corrected chi connectivity index (χ1v) is 6.27. The predicted molar refractivity (Wildman–Crippen MR) is 76.6 cm³/mol. The summed E-state index contributed by atoms with van der Waals surface area (Å²) in [5.41, 5.74) is 1.50. The molecule has 0 saturated heterocycles. The van der Waals surface area contributed by atoms with Gasteiger partial charge in [0.25, 0.3) is 5.91 Å². The molecule has 0 saturated carbocycles. The molecule has 0 aliphatic rings. The summed E-state index contributed by atoms with van der Waals surface area (Å²) in [5, 5.41) is 11.1. The van der Waals surface area contributed by atoms with Crippen LogP contribution < -0.4 is 10.1 Å². The van der Waals surface area contributed by atoms with Gasteiger partial charge in [0.2, 0.25) is 0 Å². The Hall–Kier alpha value is -2.87. The van der Waals surface area contributed by atoms with Gasteiger partial charge < -0.3 is 10.1 Å². The third kappa shape index (κ3) is 4.05. The van der Waals surface area contributed by atoms with Crippen LogP contribution in [0.4, 0.5) is 10.1 Å². The zero-order valence-corrected chi connectivity index (χ0v) is 11.4. The monoisotopic (exact) mass is 284 g/mol. The molecule has 0 bridgehead atoms. The van der Waals surface area contributed by atoms with E-state index in [1.165, 1.54) is 12.1 Å². The van der Waals surface area contributed by atoms with E-state index in [0.717, 1.165) is 0 Å². The van der Waals surface area contributed by atoms with E-state index >= 15 is 0 Å². The number of anilines is 1. The van der Waals surface area contributed by atoms with Crippen LogP contribution in [0.2, 0.25) is 0 Å². The largest absolute Gasteiger partial charge is 0.479 e. The normalized spacial score (nSPS) is 9.76. The number of nitriles is 1. The standard InChI is InChI=1S/C16H13FN2O2/c1-11-8-12(10-13(17)9-11)16(20)19-14-2-4-15(5-3-14)21-7-6-18/h2-5,8-10H,7H2,1H3,(H,19,20). The lowest BCUT2D eigenvalue weighted by atomic mass is 10.1. The highest BCUT2D eigenvalue weighted by Gasteiger charge is 2.08. The van der Waals surface area contributed by atoms with Crippen LogP contribution in [0.3, 0.4) is 0 Å². The van der Waals surface area contributed by atoms with Crippen LogP contribution in [-0.2, 0) is 0 Å². The summed E-state index contributed by atoms with van der Waals surface area (Å²) in [6.45, 7) is 1.69.